The first-order valence-corrected chi connectivity index (χ1v) is 4.99. The quantitative estimate of drug-likeness (QED) is 0.468. The number of carbonyl (C=O) groups excluding carboxylic acids is 2. The van der Waals surface area contributed by atoms with E-state index in [4.69, 9.17) is 0 Å². The van der Waals surface area contributed by atoms with Crippen molar-refractivity contribution in [2.45, 2.75) is 6.54 Å². The Kier molecular flexibility index (Phi) is 11.6. The fourth-order valence-corrected chi connectivity index (χ4v) is 1.08. The molecule has 5 heteroatoms. The largest absolute Gasteiger partial charge is 1.00 e. The third-order valence-electron chi connectivity index (χ3n) is 1.96. The van der Waals surface area contributed by atoms with E-state index in [1.54, 1.807) is 0 Å². The summed E-state index contributed by atoms with van der Waals surface area (Å²) in [7, 11) is 0. The fourth-order valence-electron chi connectivity index (χ4n) is 1.08. The first-order valence-electron chi connectivity index (χ1n) is 4.99. The van der Waals surface area contributed by atoms with E-state index in [2.05, 4.69) is 17.9 Å². The van der Waals surface area contributed by atoms with Crippen molar-refractivity contribution in [2.75, 3.05) is 0 Å². The smallest absolute Gasteiger partial charge is 0.178 e. The molecule has 3 N–H and O–H groups in total. The van der Waals surface area contributed by atoms with Gasteiger partial charge in [-0.2, -0.15) is 0 Å². The summed E-state index contributed by atoms with van der Waals surface area (Å²) in [6, 6.07) is 10.2. The van der Waals surface area contributed by atoms with Crippen molar-refractivity contribution >= 4 is 11.6 Å². The zero-order chi connectivity index (χ0) is 11.8. The molecule has 1 aromatic rings. The van der Waals surface area contributed by atoms with Crippen molar-refractivity contribution < 1.29 is 44.8 Å². The van der Waals surface area contributed by atoms with Crippen molar-refractivity contribution in [3.05, 3.63) is 60.2 Å². The van der Waals surface area contributed by atoms with E-state index >= 15 is 0 Å². The van der Waals surface area contributed by atoms with Gasteiger partial charge in [-0.1, -0.05) is 30.3 Å². The van der Waals surface area contributed by atoms with Crippen LogP contribution in [0.4, 0.5) is 0 Å². The first-order chi connectivity index (χ1) is 7.72. The predicted molar refractivity (Wildman–Crippen MR) is 61.3 cm³/mol. The molecule has 98 valence electrons. The van der Waals surface area contributed by atoms with E-state index < -0.39 is 0 Å². The van der Waals surface area contributed by atoms with Gasteiger partial charge in [-0.3, -0.25) is 9.59 Å². The van der Waals surface area contributed by atoms with Crippen molar-refractivity contribution in [2.24, 2.45) is 0 Å². The summed E-state index contributed by atoms with van der Waals surface area (Å²) in [5.41, 5.74) is 5.05. The Morgan fingerprint density at radius 1 is 0.833 bits per heavy atom. The third-order valence-corrected chi connectivity index (χ3v) is 1.96. The number of hydrogen-bond acceptors (Lipinski definition) is 2. The van der Waals surface area contributed by atoms with Gasteiger partial charge in [0.15, 0.2) is 11.6 Å². The molecular formula is C13H14ClFeNO2. The molecule has 0 radical (unpaired) electrons. The van der Waals surface area contributed by atoms with Crippen LogP contribution >= 0.6 is 0 Å². The van der Waals surface area contributed by atoms with E-state index in [9.17, 15) is 9.59 Å². The molecule has 0 unspecified atom stereocenters. The van der Waals surface area contributed by atoms with Crippen LogP contribution < -0.4 is 18.1 Å². The molecule has 0 bridgehead atoms. The summed E-state index contributed by atoms with van der Waals surface area (Å²) in [5.74, 6) is -0.241. The number of hydrogen-bond donors (Lipinski definition) is 1. The monoisotopic (exact) mass is 307 g/mol. The van der Waals surface area contributed by atoms with Gasteiger partial charge in [0, 0.05) is 22.6 Å². The molecule has 0 spiro atoms. The summed E-state index contributed by atoms with van der Waals surface area (Å²) in [5, 5.41) is 0. The molecule has 2 rings (SSSR count). The fraction of sp³-hybridized carbons (Fsp3) is 0.0769. The molecule has 0 saturated heterocycles. The molecule has 0 atom stereocenters. The Bertz CT molecular complexity index is 392. The van der Waals surface area contributed by atoms with E-state index in [1.165, 1.54) is 29.9 Å². The molecular weight excluding hydrogens is 293 g/mol. The Hall–Kier alpha value is -1.19. The van der Waals surface area contributed by atoms with Crippen LogP contribution in [0.3, 0.4) is 0 Å². The van der Waals surface area contributed by atoms with Gasteiger partial charge in [0.25, 0.3) is 0 Å². The maximum absolute atomic E-state index is 10.3. The molecule has 0 heterocycles. The van der Waals surface area contributed by atoms with Crippen LogP contribution in [-0.2, 0) is 33.2 Å². The average Bonchev–Trinajstić information content (AvgIpc) is 2.35. The van der Waals surface area contributed by atoms with Crippen LogP contribution in [0.5, 0.6) is 0 Å². The average molecular weight is 308 g/mol. The number of quaternary nitrogens is 1. The molecule has 0 saturated carbocycles. The van der Waals surface area contributed by atoms with Crippen LogP contribution in [0.2, 0.25) is 0 Å². The van der Waals surface area contributed by atoms with Crippen molar-refractivity contribution in [3.63, 3.8) is 0 Å². The van der Waals surface area contributed by atoms with Gasteiger partial charge in [0.2, 0.25) is 0 Å². The summed E-state index contributed by atoms with van der Waals surface area (Å²) in [6.45, 7) is 0.890. The second kappa shape index (κ2) is 10.9. The maximum Gasteiger partial charge on any atom is 0.178 e. The van der Waals surface area contributed by atoms with Crippen LogP contribution in [0.25, 0.3) is 0 Å². The number of ketones is 2. The Labute approximate surface area is 123 Å². The minimum atomic E-state index is -0.121. The van der Waals surface area contributed by atoms with Crippen LogP contribution in [0.1, 0.15) is 5.56 Å². The molecule has 0 aromatic heterocycles. The third kappa shape index (κ3) is 7.98. The number of rotatable bonds is 1. The number of benzene rings is 1. The molecule has 0 amide bonds. The van der Waals surface area contributed by atoms with Gasteiger partial charge >= 0.3 is 0 Å². The Balaban J connectivity index is 0. The molecule has 3 nitrogen and oxygen atoms in total. The standard InChI is InChI=1S/C7H9N.C6H4O2.ClH.Fe/c8-6-7-4-2-1-3-5-7;7-5-1-2-6(8)4-3-5;;/h1-5H,6,8H2;1-4H;1H;. The number of allylic oxidation sites excluding steroid dienone is 4. The first kappa shape index (κ1) is 19.2. The normalized spacial score (nSPS) is 11.8. The van der Waals surface area contributed by atoms with E-state index in [0.717, 1.165) is 6.54 Å². The van der Waals surface area contributed by atoms with Gasteiger partial charge in [-0.15, -0.1) is 0 Å². The van der Waals surface area contributed by atoms with Crippen molar-refractivity contribution in [1.29, 1.82) is 0 Å². The van der Waals surface area contributed by atoms with Crippen LogP contribution in [0, 0.1) is 0 Å². The summed E-state index contributed by atoms with van der Waals surface area (Å²) >= 11 is 0. The molecule has 1 aliphatic rings. The number of halogens is 1. The Morgan fingerprint density at radius 3 is 1.50 bits per heavy atom. The second-order valence-corrected chi connectivity index (χ2v) is 3.21. The summed E-state index contributed by atoms with van der Waals surface area (Å²) in [4.78, 5) is 20.6. The summed E-state index contributed by atoms with van der Waals surface area (Å²) < 4.78 is 0. The molecule has 1 aromatic carbocycles. The summed E-state index contributed by atoms with van der Waals surface area (Å²) in [6.07, 6.45) is 5.01. The van der Waals surface area contributed by atoms with Gasteiger partial charge in [0.1, 0.15) is 0 Å². The zero-order valence-corrected chi connectivity index (χ0v) is 11.5. The van der Waals surface area contributed by atoms with Crippen LogP contribution in [0.15, 0.2) is 54.6 Å². The van der Waals surface area contributed by atoms with Gasteiger partial charge in [0.05, 0.1) is 6.54 Å². The van der Waals surface area contributed by atoms with Gasteiger partial charge < -0.3 is 18.1 Å². The number of carbonyl (C=O) groups is 2. The van der Waals surface area contributed by atoms with Crippen LogP contribution in [-0.4, -0.2) is 11.6 Å². The minimum Gasteiger partial charge on any atom is -1.00 e. The van der Waals surface area contributed by atoms with Gasteiger partial charge in [-0.25, -0.2) is 0 Å². The Morgan fingerprint density at radius 2 is 1.22 bits per heavy atom. The van der Waals surface area contributed by atoms with E-state index in [0.29, 0.717) is 0 Å². The van der Waals surface area contributed by atoms with Crippen molar-refractivity contribution in [3.8, 4) is 0 Å². The minimum absolute atomic E-state index is 0. The van der Waals surface area contributed by atoms with E-state index in [1.807, 2.05) is 18.2 Å². The van der Waals surface area contributed by atoms with E-state index in [-0.39, 0.29) is 41.0 Å². The molecule has 1 aliphatic carbocycles. The predicted octanol–water partition coefficient (Wildman–Crippen LogP) is -2.32. The van der Waals surface area contributed by atoms with Gasteiger partial charge in [-0.05, 0) is 24.3 Å². The molecule has 18 heavy (non-hydrogen) atoms. The zero-order valence-electron chi connectivity index (χ0n) is 9.66. The maximum atomic E-state index is 10.3. The molecule has 0 fully saturated rings. The van der Waals surface area contributed by atoms with Crippen molar-refractivity contribution in [1.82, 2.24) is 0 Å². The SMILES string of the molecule is O=C1C=CC(=O)C=C1.[Cl-].[Fe].[NH3+]Cc1ccccc1. The molecule has 0 aliphatic heterocycles. The second-order valence-electron chi connectivity index (χ2n) is 3.21. The topological polar surface area (TPSA) is 61.8 Å².